The molecule has 0 bridgehead atoms. The van der Waals surface area contributed by atoms with Crippen LogP contribution in [-0.2, 0) is 0 Å². The van der Waals surface area contributed by atoms with Gasteiger partial charge in [0.15, 0.2) is 11.5 Å². The van der Waals surface area contributed by atoms with Gasteiger partial charge in [0, 0.05) is 0 Å². The van der Waals surface area contributed by atoms with Gasteiger partial charge >= 0.3 is 0 Å². The zero-order chi connectivity index (χ0) is 14.5. The Balaban J connectivity index is 2.49. The maximum absolute atomic E-state index is 9.92. The van der Waals surface area contributed by atoms with Crippen molar-refractivity contribution >= 4 is 0 Å². The van der Waals surface area contributed by atoms with Crippen molar-refractivity contribution in [1.82, 2.24) is 0 Å². The van der Waals surface area contributed by atoms with Crippen LogP contribution in [0.4, 0.5) is 0 Å². The van der Waals surface area contributed by atoms with Crippen molar-refractivity contribution in [2.75, 3.05) is 20.8 Å². The van der Waals surface area contributed by atoms with Gasteiger partial charge in [0.2, 0.25) is 5.75 Å². The summed E-state index contributed by atoms with van der Waals surface area (Å²) in [5.41, 5.74) is 1.85. The molecule has 4 nitrogen and oxygen atoms in total. The van der Waals surface area contributed by atoms with Crippen molar-refractivity contribution < 1.29 is 19.3 Å². The third kappa shape index (κ3) is 2.79. The molecule has 2 rings (SSSR count). The standard InChI is InChI=1S/C16H18O4/c1-4-20-13-7-5-6-11(8-13)12-9-14(18-2)16(17)15(10-12)19-3/h5-10,17H,4H2,1-3H3. The lowest BCUT2D eigenvalue weighted by molar-refractivity contribution is 0.339. The summed E-state index contributed by atoms with van der Waals surface area (Å²) in [5, 5.41) is 9.92. The Morgan fingerprint density at radius 2 is 1.60 bits per heavy atom. The Morgan fingerprint density at radius 1 is 0.950 bits per heavy atom. The summed E-state index contributed by atoms with van der Waals surface area (Å²) >= 11 is 0. The number of benzene rings is 2. The molecular formula is C16H18O4. The topological polar surface area (TPSA) is 47.9 Å². The van der Waals surface area contributed by atoms with Gasteiger partial charge in [0.05, 0.1) is 20.8 Å². The molecule has 0 saturated carbocycles. The summed E-state index contributed by atoms with van der Waals surface area (Å²) < 4.78 is 15.8. The van der Waals surface area contributed by atoms with Crippen LogP contribution in [0.3, 0.4) is 0 Å². The lowest BCUT2D eigenvalue weighted by Crippen LogP contribution is -1.92. The van der Waals surface area contributed by atoms with Gasteiger partial charge < -0.3 is 19.3 Å². The normalized spacial score (nSPS) is 10.2. The van der Waals surface area contributed by atoms with E-state index in [4.69, 9.17) is 14.2 Å². The molecule has 0 amide bonds. The molecule has 0 aliphatic rings. The monoisotopic (exact) mass is 274 g/mol. The largest absolute Gasteiger partial charge is 0.502 e. The minimum atomic E-state index is -0.000266. The van der Waals surface area contributed by atoms with Gasteiger partial charge in [0.25, 0.3) is 0 Å². The Hall–Kier alpha value is -2.36. The Bertz CT molecular complexity index is 568. The summed E-state index contributed by atoms with van der Waals surface area (Å²) in [6, 6.07) is 11.3. The molecule has 0 spiro atoms. The number of ether oxygens (including phenoxy) is 3. The van der Waals surface area contributed by atoms with E-state index in [0.29, 0.717) is 18.1 Å². The van der Waals surface area contributed by atoms with Crippen molar-refractivity contribution in [2.24, 2.45) is 0 Å². The van der Waals surface area contributed by atoms with Crippen LogP contribution in [0.5, 0.6) is 23.0 Å². The molecule has 2 aromatic carbocycles. The molecule has 106 valence electrons. The van der Waals surface area contributed by atoms with Crippen LogP contribution in [0.15, 0.2) is 36.4 Å². The van der Waals surface area contributed by atoms with E-state index in [0.717, 1.165) is 16.9 Å². The molecule has 1 N–H and O–H groups in total. The van der Waals surface area contributed by atoms with Gasteiger partial charge in [-0.1, -0.05) is 12.1 Å². The molecule has 0 radical (unpaired) electrons. The number of methoxy groups -OCH3 is 2. The predicted molar refractivity (Wildman–Crippen MR) is 77.8 cm³/mol. The van der Waals surface area contributed by atoms with E-state index < -0.39 is 0 Å². The Labute approximate surface area is 118 Å². The van der Waals surface area contributed by atoms with E-state index in [1.165, 1.54) is 14.2 Å². The highest BCUT2D eigenvalue weighted by Crippen LogP contribution is 2.40. The van der Waals surface area contributed by atoms with Crippen LogP contribution in [0.2, 0.25) is 0 Å². The quantitative estimate of drug-likeness (QED) is 0.906. The third-order valence-electron chi connectivity index (χ3n) is 2.96. The number of hydrogen-bond acceptors (Lipinski definition) is 4. The SMILES string of the molecule is CCOc1cccc(-c2cc(OC)c(O)c(OC)c2)c1. The van der Waals surface area contributed by atoms with Crippen molar-refractivity contribution in [3.63, 3.8) is 0 Å². The summed E-state index contributed by atoms with van der Waals surface area (Å²) in [4.78, 5) is 0. The summed E-state index contributed by atoms with van der Waals surface area (Å²) in [7, 11) is 3.02. The fraction of sp³-hybridized carbons (Fsp3) is 0.250. The second-order valence-corrected chi connectivity index (χ2v) is 4.19. The Kier molecular flexibility index (Phi) is 4.35. The van der Waals surface area contributed by atoms with E-state index >= 15 is 0 Å². The predicted octanol–water partition coefficient (Wildman–Crippen LogP) is 3.48. The summed E-state index contributed by atoms with van der Waals surface area (Å²) in [5.74, 6) is 1.55. The van der Waals surface area contributed by atoms with E-state index in [-0.39, 0.29) is 5.75 Å². The minimum Gasteiger partial charge on any atom is -0.502 e. The van der Waals surface area contributed by atoms with Crippen LogP contribution in [-0.4, -0.2) is 25.9 Å². The first kappa shape index (κ1) is 14.1. The van der Waals surface area contributed by atoms with Crippen LogP contribution >= 0.6 is 0 Å². The van der Waals surface area contributed by atoms with Crippen LogP contribution < -0.4 is 14.2 Å². The molecule has 0 saturated heterocycles. The highest BCUT2D eigenvalue weighted by atomic mass is 16.5. The zero-order valence-electron chi connectivity index (χ0n) is 11.8. The van der Waals surface area contributed by atoms with E-state index in [2.05, 4.69) is 0 Å². The lowest BCUT2D eigenvalue weighted by atomic mass is 10.0. The highest BCUT2D eigenvalue weighted by molar-refractivity contribution is 5.71. The highest BCUT2D eigenvalue weighted by Gasteiger charge is 2.12. The molecule has 4 heteroatoms. The number of aromatic hydroxyl groups is 1. The van der Waals surface area contributed by atoms with Gasteiger partial charge in [-0.25, -0.2) is 0 Å². The van der Waals surface area contributed by atoms with E-state index in [1.54, 1.807) is 12.1 Å². The molecular weight excluding hydrogens is 256 g/mol. The molecule has 0 aliphatic heterocycles. The van der Waals surface area contributed by atoms with Crippen LogP contribution in [0, 0.1) is 0 Å². The average molecular weight is 274 g/mol. The maximum Gasteiger partial charge on any atom is 0.200 e. The second-order valence-electron chi connectivity index (χ2n) is 4.19. The lowest BCUT2D eigenvalue weighted by Gasteiger charge is -2.12. The van der Waals surface area contributed by atoms with Crippen LogP contribution in [0.1, 0.15) is 6.92 Å². The third-order valence-corrected chi connectivity index (χ3v) is 2.96. The first-order chi connectivity index (χ1) is 9.69. The first-order valence-electron chi connectivity index (χ1n) is 6.37. The molecule has 2 aromatic rings. The molecule has 20 heavy (non-hydrogen) atoms. The van der Waals surface area contributed by atoms with Crippen molar-refractivity contribution in [3.05, 3.63) is 36.4 Å². The van der Waals surface area contributed by atoms with E-state index in [1.807, 2.05) is 31.2 Å². The smallest absolute Gasteiger partial charge is 0.200 e. The van der Waals surface area contributed by atoms with Crippen LogP contribution in [0.25, 0.3) is 11.1 Å². The molecule has 0 aromatic heterocycles. The number of hydrogen-bond donors (Lipinski definition) is 1. The molecule has 0 fully saturated rings. The minimum absolute atomic E-state index is 0.000266. The number of rotatable bonds is 5. The fourth-order valence-electron chi connectivity index (χ4n) is 1.99. The molecule has 0 atom stereocenters. The van der Waals surface area contributed by atoms with Crippen molar-refractivity contribution in [3.8, 4) is 34.1 Å². The summed E-state index contributed by atoms with van der Waals surface area (Å²) in [6.07, 6.45) is 0. The second kappa shape index (κ2) is 6.19. The number of phenols is 1. The number of phenolic OH excluding ortho intramolecular Hbond substituents is 1. The Morgan fingerprint density at radius 3 is 2.15 bits per heavy atom. The average Bonchev–Trinajstić information content (AvgIpc) is 2.48. The molecule has 0 aliphatic carbocycles. The summed E-state index contributed by atoms with van der Waals surface area (Å²) in [6.45, 7) is 2.56. The fourth-order valence-corrected chi connectivity index (χ4v) is 1.99. The van der Waals surface area contributed by atoms with Gasteiger partial charge in [-0.05, 0) is 42.3 Å². The molecule has 0 unspecified atom stereocenters. The zero-order valence-corrected chi connectivity index (χ0v) is 11.8. The van der Waals surface area contributed by atoms with Gasteiger partial charge in [-0.15, -0.1) is 0 Å². The van der Waals surface area contributed by atoms with Gasteiger partial charge in [0.1, 0.15) is 5.75 Å². The maximum atomic E-state index is 9.92. The molecule has 0 heterocycles. The van der Waals surface area contributed by atoms with Crippen molar-refractivity contribution in [1.29, 1.82) is 0 Å². The van der Waals surface area contributed by atoms with Gasteiger partial charge in [-0.2, -0.15) is 0 Å². The van der Waals surface area contributed by atoms with Crippen molar-refractivity contribution in [2.45, 2.75) is 6.92 Å². The van der Waals surface area contributed by atoms with Gasteiger partial charge in [-0.3, -0.25) is 0 Å². The first-order valence-corrected chi connectivity index (χ1v) is 6.37. The van der Waals surface area contributed by atoms with E-state index in [9.17, 15) is 5.11 Å².